The van der Waals surface area contributed by atoms with Crippen LogP contribution in [0.1, 0.15) is 5.56 Å². The van der Waals surface area contributed by atoms with Crippen molar-refractivity contribution in [3.8, 4) is 11.1 Å². The lowest BCUT2D eigenvalue weighted by Gasteiger charge is -2.29. The van der Waals surface area contributed by atoms with E-state index in [1.165, 1.54) is 12.7 Å². The number of rotatable bonds is 0. The Morgan fingerprint density at radius 1 is 1.06 bits per heavy atom. The molecule has 0 unspecified atom stereocenters. The lowest BCUT2D eigenvalue weighted by atomic mass is 9.94. The van der Waals surface area contributed by atoms with E-state index in [1.807, 2.05) is 42.5 Å². The largest absolute Gasteiger partial charge is 0.452 e. The van der Waals surface area contributed by atoms with E-state index in [1.54, 1.807) is 4.90 Å². The van der Waals surface area contributed by atoms with Gasteiger partial charge in [0.25, 0.3) is 0 Å². The molecule has 2 aromatic carbocycles. The van der Waals surface area contributed by atoms with Crippen LogP contribution in [0.2, 0.25) is 0 Å². The summed E-state index contributed by atoms with van der Waals surface area (Å²) in [4.78, 5) is 13.5. The molecule has 3 heteroatoms. The van der Waals surface area contributed by atoms with Crippen LogP contribution in [0.4, 0.5) is 10.5 Å². The van der Waals surface area contributed by atoms with Gasteiger partial charge in [-0.25, -0.2) is 4.79 Å². The Morgan fingerprint density at radius 3 is 2.50 bits per heavy atom. The van der Waals surface area contributed by atoms with E-state index >= 15 is 0 Å². The summed E-state index contributed by atoms with van der Waals surface area (Å²) in [6.45, 7) is 0.555. The van der Waals surface area contributed by atoms with Gasteiger partial charge in [0.1, 0.15) is 0 Å². The molecule has 1 aliphatic rings. The Hall–Kier alpha value is -2.29. The molecule has 0 aromatic heterocycles. The molecular weight excluding hydrogens is 226 g/mol. The number of carbonyl (C=O) groups is 1. The summed E-state index contributed by atoms with van der Waals surface area (Å²) in [6.07, 6.45) is -0.322. The Bertz CT molecular complexity index is 607. The number of para-hydroxylation sites is 1. The van der Waals surface area contributed by atoms with Crippen molar-refractivity contribution in [2.24, 2.45) is 0 Å². The Morgan fingerprint density at radius 2 is 1.72 bits per heavy atom. The second-order valence-corrected chi connectivity index (χ2v) is 4.23. The van der Waals surface area contributed by atoms with E-state index in [9.17, 15) is 4.79 Å². The van der Waals surface area contributed by atoms with E-state index in [0.717, 1.165) is 16.8 Å². The van der Waals surface area contributed by atoms with Gasteiger partial charge in [-0.15, -0.1) is 0 Å². The molecule has 0 aliphatic carbocycles. The quantitative estimate of drug-likeness (QED) is 0.704. The van der Waals surface area contributed by atoms with Gasteiger partial charge in [0.15, 0.2) is 0 Å². The highest BCUT2D eigenvalue weighted by atomic mass is 16.5. The first kappa shape index (κ1) is 10.8. The molecule has 90 valence electrons. The van der Waals surface area contributed by atoms with Gasteiger partial charge in [-0.1, -0.05) is 42.5 Å². The smallest absolute Gasteiger partial charge is 0.414 e. The minimum atomic E-state index is -0.322. The van der Waals surface area contributed by atoms with Gasteiger partial charge in [0, 0.05) is 5.56 Å². The maximum Gasteiger partial charge on any atom is 0.414 e. The van der Waals surface area contributed by atoms with Crippen LogP contribution < -0.4 is 4.90 Å². The van der Waals surface area contributed by atoms with Crippen LogP contribution in [0.5, 0.6) is 0 Å². The number of amides is 1. The molecule has 0 atom stereocenters. The summed E-state index contributed by atoms with van der Waals surface area (Å²) in [5, 5.41) is 0. The summed E-state index contributed by atoms with van der Waals surface area (Å²) in [5.74, 6) is 0. The number of hydrogen-bond donors (Lipinski definition) is 0. The van der Waals surface area contributed by atoms with Crippen LogP contribution in [0.15, 0.2) is 48.5 Å². The first-order chi connectivity index (χ1) is 8.81. The molecule has 0 saturated carbocycles. The zero-order valence-electron chi connectivity index (χ0n) is 10.1. The average Bonchev–Trinajstić information content (AvgIpc) is 2.45. The Balaban J connectivity index is 2.20. The zero-order chi connectivity index (χ0) is 12.5. The Labute approximate surface area is 106 Å². The number of anilines is 1. The fraction of sp³-hybridized carbons (Fsp3) is 0.133. The second-order valence-electron chi connectivity index (χ2n) is 4.23. The van der Waals surface area contributed by atoms with E-state index in [4.69, 9.17) is 4.74 Å². The molecule has 1 heterocycles. The molecule has 18 heavy (non-hydrogen) atoms. The number of hydrogen-bond acceptors (Lipinski definition) is 2. The van der Waals surface area contributed by atoms with Crippen molar-refractivity contribution in [2.75, 3.05) is 12.0 Å². The second kappa shape index (κ2) is 4.18. The minimum Gasteiger partial charge on any atom is -0.452 e. The van der Waals surface area contributed by atoms with Crippen LogP contribution in [-0.4, -0.2) is 13.2 Å². The van der Waals surface area contributed by atoms with E-state index in [-0.39, 0.29) is 6.09 Å². The molecule has 0 saturated heterocycles. The molecule has 0 spiro atoms. The molecule has 0 fully saturated rings. The number of methoxy groups -OCH3 is 1. The Kier molecular flexibility index (Phi) is 2.52. The summed E-state index contributed by atoms with van der Waals surface area (Å²) in [7, 11) is 1.41. The predicted molar refractivity (Wildman–Crippen MR) is 70.5 cm³/mol. The fourth-order valence-corrected chi connectivity index (χ4v) is 2.39. The van der Waals surface area contributed by atoms with Gasteiger partial charge in [0.05, 0.1) is 19.3 Å². The average molecular weight is 239 g/mol. The van der Waals surface area contributed by atoms with Crippen LogP contribution in [0.3, 0.4) is 0 Å². The third-order valence-corrected chi connectivity index (χ3v) is 3.23. The molecule has 3 nitrogen and oxygen atoms in total. The summed E-state index contributed by atoms with van der Waals surface area (Å²) >= 11 is 0. The van der Waals surface area contributed by atoms with Gasteiger partial charge in [-0.2, -0.15) is 0 Å². The number of carbonyl (C=O) groups excluding carboxylic acids is 1. The minimum absolute atomic E-state index is 0.322. The normalized spacial score (nSPS) is 12.6. The van der Waals surface area contributed by atoms with Crippen LogP contribution in [0, 0.1) is 0 Å². The van der Waals surface area contributed by atoms with E-state index in [0.29, 0.717) is 6.54 Å². The van der Waals surface area contributed by atoms with Gasteiger partial charge < -0.3 is 4.74 Å². The number of ether oxygens (including phenoxy) is 1. The summed E-state index contributed by atoms with van der Waals surface area (Å²) < 4.78 is 4.85. The van der Waals surface area contributed by atoms with Crippen molar-refractivity contribution in [3.63, 3.8) is 0 Å². The molecular formula is C15H13NO2. The molecule has 2 aromatic rings. The summed E-state index contributed by atoms with van der Waals surface area (Å²) in [6, 6.07) is 16.0. The topological polar surface area (TPSA) is 29.5 Å². The van der Waals surface area contributed by atoms with E-state index < -0.39 is 0 Å². The molecule has 0 bridgehead atoms. The highest BCUT2D eigenvalue weighted by Crippen LogP contribution is 2.38. The zero-order valence-corrected chi connectivity index (χ0v) is 10.1. The van der Waals surface area contributed by atoms with Crippen LogP contribution in [-0.2, 0) is 11.3 Å². The number of benzene rings is 2. The van der Waals surface area contributed by atoms with Crippen molar-refractivity contribution in [1.29, 1.82) is 0 Å². The van der Waals surface area contributed by atoms with E-state index in [2.05, 4.69) is 6.07 Å². The fourth-order valence-electron chi connectivity index (χ4n) is 2.39. The standard InChI is InChI=1S/C15H13NO2/c1-18-15(17)16-10-11-6-2-3-7-12(11)13-8-4-5-9-14(13)16/h2-9H,10H2,1H3. The molecule has 1 aliphatic heterocycles. The first-order valence-electron chi connectivity index (χ1n) is 5.84. The number of nitrogens with zero attached hydrogens (tertiary/aromatic N) is 1. The van der Waals surface area contributed by atoms with Crippen molar-refractivity contribution < 1.29 is 9.53 Å². The van der Waals surface area contributed by atoms with Crippen molar-refractivity contribution in [2.45, 2.75) is 6.54 Å². The van der Waals surface area contributed by atoms with Crippen LogP contribution >= 0.6 is 0 Å². The lowest BCUT2D eigenvalue weighted by molar-refractivity contribution is 0.178. The van der Waals surface area contributed by atoms with Crippen LogP contribution in [0.25, 0.3) is 11.1 Å². The monoisotopic (exact) mass is 239 g/mol. The number of fused-ring (bicyclic) bond motifs is 3. The molecule has 0 N–H and O–H groups in total. The van der Waals surface area contributed by atoms with Crippen molar-refractivity contribution in [1.82, 2.24) is 0 Å². The first-order valence-corrected chi connectivity index (χ1v) is 5.84. The van der Waals surface area contributed by atoms with Crippen molar-refractivity contribution >= 4 is 11.8 Å². The van der Waals surface area contributed by atoms with Gasteiger partial charge in [-0.05, 0) is 17.2 Å². The molecule has 0 radical (unpaired) electrons. The lowest BCUT2D eigenvalue weighted by Crippen LogP contribution is -2.32. The predicted octanol–water partition coefficient (Wildman–Crippen LogP) is 3.44. The molecule has 3 rings (SSSR count). The highest BCUT2D eigenvalue weighted by Gasteiger charge is 2.26. The highest BCUT2D eigenvalue weighted by molar-refractivity contribution is 5.96. The van der Waals surface area contributed by atoms with Gasteiger partial charge >= 0.3 is 6.09 Å². The van der Waals surface area contributed by atoms with Crippen molar-refractivity contribution in [3.05, 3.63) is 54.1 Å². The van der Waals surface area contributed by atoms with Gasteiger partial charge in [-0.3, -0.25) is 4.90 Å². The molecule has 1 amide bonds. The maximum absolute atomic E-state index is 11.8. The maximum atomic E-state index is 11.8. The third-order valence-electron chi connectivity index (χ3n) is 3.23. The summed E-state index contributed by atoms with van der Waals surface area (Å²) in [5.41, 5.74) is 4.31. The van der Waals surface area contributed by atoms with Gasteiger partial charge in [0.2, 0.25) is 0 Å². The SMILES string of the molecule is COC(=O)N1Cc2ccccc2-c2ccccc21. The third kappa shape index (κ3) is 1.56.